The van der Waals surface area contributed by atoms with Crippen molar-refractivity contribution in [3.05, 3.63) is 60.3 Å². The monoisotopic (exact) mass is 498 g/mol. The molecule has 2 aliphatic heterocycles. The Morgan fingerprint density at radius 1 is 0.973 bits per heavy atom. The summed E-state index contributed by atoms with van der Waals surface area (Å²) in [6.45, 7) is 6.69. The van der Waals surface area contributed by atoms with Gasteiger partial charge in [-0.05, 0) is 49.1 Å². The van der Waals surface area contributed by atoms with Crippen molar-refractivity contribution in [2.24, 2.45) is 0 Å². The molecule has 3 heterocycles. The van der Waals surface area contributed by atoms with Crippen molar-refractivity contribution >= 4 is 40.2 Å². The van der Waals surface area contributed by atoms with Crippen LogP contribution in [0.5, 0.6) is 5.75 Å². The van der Waals surface area contributed by atoms with Crippen molar-refractivity contribution in [2.75, 3.05) is 60.3 Å². The molecule has 192 valence electrons. The van der Waals surface area contributed by atoms with E-state index in [1.54, 1.807) is 20.2 Å². The summed E-state index contributed by atoms with van der Waals surface area (Å²) in [6, 6.07) is 17.2. The third kappa shape index (κ3) is 4.93. The quantitative estimate of drug-likeness (QED) is 0.486. The van der Waals surface area contributed by atoms with Crippen molar-refractivity contribution < 1.29 is 9.53 Å². The number of fused-ring (bicyclic) bond motifs is 1. The highest BCUT2D eigenvalue weighted by molar-refractivity contribution is 5.98. The van der Waals surface area contributed by atoms with Gasteiger partial charge in [-0.3, -0.25) is 9.69 Å². The molecule has 8 heteroatoms. The molecule has 2 N–H and O–H groups in total. The van der Waals surface area contributed by atoms with E-state index < -0.39 is 0 Å². The maximum atomic E-state index is 12.2. The summed E-state index contributed by atoms with van der Waals surface area (Å²) in [6.07, 6.45) is 5.38. The minimum absolute atomic E-state index is 0.0606. The van der Waals surface area contributed by atoms with Gasteiger partial charge in [0.05, 0.1) is 24.2 Å². The molecule has 1 aromatic heterocycles. The number of carbonyl (C=O) groups excluding carboxylic acids is 1. The molecule has 37 heavy (non-hydrogen) atoms. The summed E-state index contributed by atoms with van der Waals surface area (Å²) >= 11 is 0. The van der Waals surface area contributed by atoms with E-state index in [0.29, 0.717) is 5.82 Å². The van der Waals surface area contributed by atoms with E-state index in [4.69, 9.17) is 4.74 Å². The number of para-hydroxylation sites is 1. The van der Waals surface area contributed by atoms with E-state index in [1.807, 2.05) is 29.2 Å². The van der Waals surface area contributed by atoms with E-state index in [2.05, 4.69) is 49.7 Å². The zero-order valence-corrected chi connectivity index (χ0v) is 21.5. The largest absolute Gasteiger partial charge is 0.494 e. The van der Waals surface area contributed by atoms with Crippen molar-refractivity contribution in [3.63, 3.8) is 0 Å². The predicted molar refractivity (Wildman–Crippen MR) is 149 cm³/mol. The normalized spacial score (nSPS) is 17.5. The van der Waals surface area contributed by atoms with Gasteiger partial charge in [0.15, 0.2) is 0 Å². The van der Waals surface area contributed by atoms with Gasteiger partial charge in [-0.1, -0.05) is 12.1 Å². The van der Waals surface area contributed by atoms with E-state index in [1.165, 1.54) is 24.1 Å². The Bertz CT molecular complexity index is 1300. The fraction of sp³-hybridized carbons (Fsp3) is 0.379. The second kappa shape index (κ2) is 9.94. The van der Waals surface area contributed by atoms with E-state index in [-0.39, 0.29) is 5.91 Å². The van der Waals surface area contributed by atoms with Crippen LogP contribution in [0.3, 0.4) is 0 Å². The van der Waals surface area contributed by atoms with Crippen LogP contribution in [0.2, 0.25) is 0 Å². The van der Waals surface area contributed by atoms with Crippen molar-refractivity contribution in [3.8, 4) is 5.75 Å². The molecule has 6 rings (SSSR count). The number of nitrogens with one attached hydrogen (secondary N) is 2. The minimum atomic E-state index is 0.0606. The average molecular weight is 499 g/mol. The van der Waals surface area contributed by atoms with Gasteiger partial charge in [-0.2, -0.15) is 0 Å². The lowest BCUT2D eigenvalue weighted by Crippen LogP contribution is -2.47. The fourth-order valence-electron chi connectivity index (χ4n) is 5.51. The summed E-state index contributed by atoms with van der Waals surface area (Å²) in [5.74, 6) is 1.57. The predicted octanol–water partition coefficient (Wildman–Crippen LogP) is 4.77. The summed E-state index contributed by atoms with van der Waals surface area (Å²) in [7, 11) is 1.71. The molecule has 8 nitrogen and oxygen atoms in total. The second-order valence-corrected chi connectivity index (χ2v) is 10.1. The highest BCUT2D eigenvalue weighted by Gasteiger charge is 2.31. The first-order valence-corrected chi connectivity index (χ1v) is 13.2. The number of amides is 1. The number of rotatable bonds is 7. The Labute approximate surface area is 218 Å². The molecule has 0 radical (unpaired) electrons. The third-order valence-electron chi connectivity index (χ3n) is 7.60. The molecule has 1 amide bonds. The first-order valence-electron chi connectivity index (χ1n) is 13.2. The number of aromatic nitrogens is 1. The van der Waals surface area contributed by atoms with Gasteiger partial charge in [0.2, 0.25) is 5.91 Å². The molecule has 1 aliphatic carbocycles. The van der Waals surface area contributed by atoms with Gasteiger partial charge in [0.1, 0.15) is 11.6 Å². The fourth-order valence-corrected chi connectivity index (χ4v) is 5.51. The summed E-state index contributed by atoms with van der Waals surface area (Å²) < 4.78 is 5.75. The number of hydrogen-bond acceptors (Lipinski definition) is 7. The minimum Gasteiger partial charge on any atom is -0.494 e. The van der Waals surface area contributed by atoms with Crippen LogP contribution < -0.4 is 25.2 Å². The molecule has 2 fully saturated rings. The number of pyridine rings is 1. The smallest absolute Gasteiger partial charge is 0.223 e. The number of methoxy groups -OCH3 is 1. The molecule has 3 aliphatic rings. The van der Waals surface area contributed by atoms with Gasteiger partial charge in [0, 0.05) is 75.4 Å². The molecule has 0 spiro atoms. The van der Waals surface area contributed by atoms with Crippen molar-refractivity contribution in [1.82, 2.24) is 9.88 Å². The maximum Gasteiger partial charge on any atom is 0.223 e. The molecule has 1 saturated heterocycles. The lowest BCUT2D eigenvalue weighted by molar-refractivity contribution is -0.116. The number of piperazine rings is 1. The van der Waals surface area contributed by atoms with Crippen LogP contribution in [0.1, 0.15) is 25.3 Å². The van der Waals surface area contributed by atoms with Crippen molar-refractivity contribution in [2.45, 2.75) is 32.2 Å². The Morgan fingerprint density at radius 3 is 2.57 bits per heavy atom. The van der Waals surface area contributed by atoms with Gasteiger partial charge in [0.25, 0.3) is 0 Å². The summed E-state index contributed by atoms with van der Waals surface area (Å²) in [5, 5.41) is 6.92. The molecule has 1 saturated carbocycles. The maximum absolute atomic E-state index is 12.2. The zero-order chi connectivity index (χ0) is 25.4. The molecule has 0 atom stereocenters. The topological polar surface area (TPSA) is 73.0 Å². The first-order chi connectivity index (χ1) is 18.1. The molecular weight excluding hydrogens is 464 g/mol. The van der Waals surface area contributed by atoms with Crippen LogP contribution in [0.15, 0.2) is 54.7 Å². The van der Waals surface area contributed by atoms with Crippen LogP contribution in [0, 0.1) is 0 Å². The molecule has 3 aromatic rings. The van der Waals surface area contributed by atoms with Crippen LogP contribution >= 0.6 is 0 Å². The lowest BCUT2D eigenvalue weighted by atomic mass is 10.1. The van der Waals surface area contributed by atoms with E-state index in [9.17, 15) is 4.79 Å². The Hall–Kier alpha value is -3.78. The average Bonchev–Trinajstić information content (AvgIpc) is 3.67. The van der Waals surface area contributed by atoms with Crippen LogP contribution in [-0.4, -0.2) is 61.7 Å². The number of ether oxygens (including phenoxy) is 1. The first kappa shape index (κ1) is 23.6. The second-order valence-electron chi connectivity index (χ2n) is 10.1. The van der Waals surface area contributed by atoms with E-state index >= 15 is 0 Å². The van der Waals surface area contributed by atoms with Gasteiger partial charge in [-0.15, -0.1) is 0 Å². The highest BCUT2D eigenvalue weighted by Crippen LogP contribution is 2.38. The third-order valence-corrected chi connectivity index (χ3v) is 7.60. The molecular formula is C29H34N6O2. The van der Waals surface area contributed by atoms with Gasteiger partial charge >= 0.3 is 0 Å². The summed E-state index contributed by atoms with van der Waals surface area (Å²) in [5.41, 5.74) is 6.03. The van der Waals surface area contributed by atoms with Crippen molar-refractivity contribution in [1.29, 1.82) is 0 Å². The van der Waals surface area contributed by atoms with Gasteiger partial charge < -0.3 is 25.2 Å². The van der Waals surface area contributed by atoms with Gasteiger partial charge in [-0.25, -0.2) is 4.98 Å². The van der Waals surface area contributed by atoms with Crippen LogP contribution in [0.4, 0.5) is 34.3 Å². The van der Waals surface area contributed by atoms with E-state index in [0.717, 1.165) is 73.7 Å². The number of nitrogens with zero attached hydrogens (tertiary/aromatic N) is 4. The highest BCUT2D eigenvalue weighted by atomic mass is 16.5. The standard InChI is InChI=1S/C29H34N6O2/c1-20(36)35-13-11-21-4-3-5-26(29(21)35)31-22-10-12-30-28(18-22)32-25-9-8-24(19-27(25)37-2)34-16-14-33(15-17-34)23-6-7-23/h3-5,8-10,12,18-19,23H,6-7,11,13-17H2,1-2H3,(H2,30,31,32). The Balaban J connectivity index is 1.17. The zero-order valence-electron chi connectivity index (χ0n) is 21.5. The Morgan fingerprint density at radius 2 is 1.81 bits per heavy atom. The molecule has 0 bridgehead atoms. The molecule has 0 unspecified atom stereocenters. The lowest BCUT2D eigenvalue weighted by Gasteiger charge is -2.36. The van der Waals surface area contributed by atoms with Crippen LogP contribution in [0.25, 0.3) is 0 Å². The number of hydrogen-bond donors (Lipinski definition) is 2. The summed E-state index contributed by atoms with van der Waals surface area (Å²) in [4.78, 5) is 23.6. The van der Waals surface area contributed by atoms with Crippen LogP contribution in [-0.2, 0) is 11.2 Å². The molecule has 2 aromatic carbocycles. The number of carbonyl (C=O) groups is 1. The SMILES string of the molecule is COc1cc(N2CCN(C3CC3)CC2)ccc1Nc1cc(Nc2cccc3c2N(C(C)=O)CC3)ccn1. The number of benzene rings is 2. The number of anilines is 6. The Kier molecular flexibility index (Phi) is 6.34.